The Kier molecular flexibility index (Phi) is 4.69. The van der Waals surface area contributed by atoms with E-state index in [0.717, 1.165) is 28.2 Å². The molecule has 2 atom stereocenters. The van der Waals surface area contributed by atoms with Crippen molar-refractivity contribution in [2.24, 2.45) is 7.05 Å². The first-order chi connectivity index (χ1) is 13.7. The highest BCUT2D eigenvalue weighted by molar-refractivity contribution is 5.97. The van der Waals surface area contributed by atoms with Crippen molar-refractivity contribution in [2.45, 2.75) is 25.8 Å². The number of aryl methyl sites for hydroxylation is 1. The van der Waals surface area contributed by atoms with Crippen molar-refractivity contribution in [3.8, 4) is 0 Å². The molecule has 0 saturated heterocycles. The van der Waals surface area contributed by atoms with Crippen LogP contribution in [0.2, 0.25) is 0 Å². The number of aromatic amines is 1. The third-order valence-electron chi connectivity index (χ3n) is 5.08. The maximum absolute atomic E-state index is 12.3. The number of hydrogen-bond donors (Lipinski definition) is 2. The first-order valence-electron chi connectivity index (χ1n) is 9.54. The lowest BCUT2D eigenvalue weighted by Crippen LogP contribution is -2.29. The minimum Gasteiger partial charge on any atom is -0.377 e. The lowest BCUT2D eigenvalue weighted by atomic mass is 9.83. The van der Waals surface area contributed by atoms with Gasteiger partial charge in [0.1, 0.15) is 5.82 Å². The molecule has 0 fully saturated rings. The van der Waals surface area contributed by atoms with E-state index in [9.17, 15) is 4.79 Å². The van der Waals surface area contributed by atoms with Crippen LogP contribution >= 0.6 is 0 Å². The number of H-pyrrole nitrogens is 1. The van der Waals surface area contributed by atoms with Crippen molar-refractivity contribution in [1.29, 1.82) is 0 Å². The standard InChI is InChI=1S/C20H17N5O.C2H6/c1-25-11-10-21-19(25)16-17(12-6-3-2-4-7-12)22-14-9-5-8-13-15(14)18(16)23-24-20(13)26;1-2/h2-11,16-17,22H,1H3,(H,24,26);1-2H3. The predicted molar refractivity (Wildman–Crippen MR) is 112 cm³/mol. The van der Waals surface area contributed by atoms with E-state index in [-0.39, 0.29) is 17.5 Å². The summed E-state index contributed by atoms with van der Waals surface area (Å²) < 4.78 is 2.01. The first kappa shape index (κ1) is 18.0. The van der Waals surface area contributed by atoms with Crippen molar-refractivity contribution in [3.63, 3.8) is 0 Å². The van der Waals surface area contributed by atoms with Gasteiger partial charge in [-0.3, -0.25) is 4.79 Å². The Morgan fingerprint density at radius 1 is 1.04 bits per heavy atom. The van der Waals surface area contributed by atoms with Crippen LogP contribution < -0.4 is 10.9 Å². The van der Waals surface area contributed by atoms with E-state index >= 15 is 0 Å². The van der Waals surface area contributed by atoms with Gasteiger partial charge in [0, 0.05) is 30.5 Å². The highest BCUT2D eigenvalue weighted by atomic mass is 16.1. The summed E-state index contributed by atoms with van der Waals surface area (Å²) in [5.41, 5.74) is 2.74. The van der Waals surface area contributed by atoms with Crippen LogP contribution in [0.5, 0.6) is 0 Å². The second-order valence-electron chi connectivity index (χ2n) is 6.57. The van der Waals surface area contributed by atoms with Gasteiger partial charge in [-0.1, -0.05) is 50.2 Å². The Balaban J connectivity index is 0.000000932. The lowest BCUT2D eigenvalue weighted by molar-refractivity contribution is 0.584. The summed E-state index contributed by atoms with van der Waals surface area (Å²) in [6.07, 6.45) is 3.72. The van der Waals surface area contributed by atoms with Crippen LogP contribution in [0.1, 0.15) is 42.9 Å². The molecule has 2 aromatic carbocycles. The maximum atomic E-state index is 12.3. The van der Waals surface area contributed by atoms with Gasteiger partial charge in [-0.25, -0.2) is 10.1 Å². The third kappa shape index (κ3) is 2.78. The maximum Gasteiger partial charge on any atom is 0.272 e. The van der Waals surface area contributed by atoms with E-state index in [1.165, 1.54) is 0 Å². The molecular formula is C22H23N5O. The van der Waals surface area contributed by atoms with Crippen LogP contribution in [-0.2, 0) is 7.05 Å². The van der Waals surface area contributed by atoms with E-state index in [4.69, 9.17) is 0 Å². The summed E-state index contributed by atoms with van der Waals surface area (Å²) in [6, 6.07) is 16.0. The van der Waals surface area contributed by atoms with Crippen molar-refractivity contribution in [1.82, 2.24) is 19.7 Å². The van der Waals surface area contributed by atoms with Crippen LogP contribution in [0, 0.1) is 0 Å². The summed E-state index contributed by atoms with van der Waals surface area (Å²) in [5, 5.41) is 12.3. The monoisotopic (exact) mass is 373 g/mol. The fraction of sp³-hybridized carbons (Fsp3) is 0.227. The van der Waals surface area contributed by atoms with Gasteiger partial charge in [-0.2, -0.15) is 5.10 Å². The van der Waals surface area contributed by atoms with Gasteiger partial charge in [0.2, 0.25) is 0 Å². The van der Waals surface area contributed by atoms with Gasteiger partial charge >= 0.3 is 0 Å². The molecule has 0 saturated carbocycles. The molecule has 0 radical (unpaired) electrons. The second-order valence-corrected chi connectivity index (χ2v) is 6.57. The van der Waals surface area contributed by atoms with Gasteiger partial charge in [0.15, 0.2) is 0 Å². The summed E-state index contributed by atoms with van der Waals surface area (Å²) in [4.78, 5) is 16.9. The highest BCUT2D eigenvalue weighted by Gasteiger charge is 2.36. The predicted octanol–water partition coefficient (Wildman–Crippen LogP) is 3.98. The Hall–Kier alpha value is -3.41. The average Bonchev–Trinajstić information content (AvgIpc) is 3.17. The highest BCUT2D eigenvalue weighted by Crippen LogP contribution is 2.45. The van der Waals surface area contributed by atoms with Crippen molar-refractivity contribution >= 4 is 16.5 Å². The minimum atomic E-state index is -0.177. The molecule has 2 unspecified atom stereocenters. The molecule has 1 aliphatic rings. The number of anilines is 1. The van der Waals surface area contributed by atoms with Crippen molar-refractivity contribution in [2.75, 3.05) is 5.32 Å². The van der Waals surface area contributed by atoms with Gasteiger partial charge in [-0.15, -0.1) is 0 Å². The van der Waals surface area contributed by atoms with Gasteiger partial charge < -0.3 is 9.88 Å². The van der Waals surface area contributed by atoms with Crippen molar-refractivity contribution < 1.29 is 0 Å². The van der Waals surface area contributed by atoms with E-state index in [2.05, 4.69) is 32.6 Å². The Bertz CT molecular complexity index is 1160. The molecular weight excluding hydrogens is 350 g/mol. The number of nitrogens with one attached hydrogen (secondary N) is 2. The molecule has 28 heavy (non-hydrogen) atoms. The Morgan fingerprint density at radius 2 is 1.82 bits per heavy atom. The molecule has 6 nitrogen and oxygen atoms in total. The van der Waals surface area contributed by atoms with E-state index in [1.807, 2.05) is 68.1 Å². The Labute approximate surface area is 163 Å². The largest absolute Gasteiger partial charge is 0.377 e. The SMILES string of the molecule is CC.Cn1ccnc1C1c2n[nH]c(=O)c3cccc(c23)NC1c1ccccc1. The molecule has 2 N–H and O–H groups in total. The zero-order valence-electron chi connectivity index (χ0n) is 16.2. The van der Waals surface area contributed by atoms with Crippen LogP contribution in [0.15, 0.2) is 65.7 Å². The fourth-order valence-corrected chi connectivity index (χ4v) is 3.88. The number of nitrogens with zero attached hydrogens (tertiary/aromatic N) is 3. The van der Waals surface area contributed by atoms with Gasteiger partial charge in [0.05, 0.1) is 23.0 Å². The summed E-state index contributed by atoms with van der Waals surface area (Å²) in [5.74, 6) is 0.786. The molecule has 6 heteroatoms. The summed E-state index contributed by atoms with van der Waals surface area (Å²) in [7, 11) is 1.98. The van der Waals surface area contributed by atoms with E-state index in [0.29, 0.717) is 5.39 Å². The molecule has 0 bridgehead atoms. The van der Waals surface area contributed by atoms with Crippen LogP contribution in [-0.4, -0.2) is 19.7 Å². The normalized spacial score (nSPS) is 17.5. The molecule has 1 aliphatic heterocycles. The molecule has 0 amide bonds. The minimum absolute atomic E-state index is 0.0335. The zero-order valence-corrected chi connectivity index (χ0v) is 16.2. The smallest absolute Gasteiger partial charge is 0.272 e. The van der Waals surface area contributed by atoms with Gasteiger partial charge in [-0.05, 0) is 17.7 Å². The summed E-state index contributed by atoms with van der Waals surface area (Å²) >= 11 is 0. The van der Waals surface area contributed by atoms with Crippen molar-refractivity contribution in [3.05, 3.63) is 88.4 Å². The Morgan fingerprint density at radius 3 is 2.54 bits per heavy atom. The van der Waals surface area contributed by atoms with Crippen LogP contribution in [0.3, 0.4) is 0 Å². The van der Waals surface area contributed by atoms with Crippen LogP contribution in [0.25, 0.3) is 10.8 Å². The van der Waals surface area contributed by atoms with Crippen LogP contribution in [0.4, 0.5) is 5.69 Å². The summed E-state index contributed by atoms with van der Waals surface area (Å²) in [6.45, 7) is 4.00. The lowest BCUT2D eigenvalue weighted by Gasteiger charge is -2.34. The topological polar surface area (TPSA) is 75.6 Å². The number of benzene rings is 2. The first-order valence-corrected chi connectivity index (χ1v) is 9.54. The molecule has 4 aromatic rings. The quantitative estimate of drug-likeness (QED) is 0.557. The molecule has 0 spiro atoms. The average molecular weight is 373 g/mol. The fourth-order valence-electron chi connectivity index (χ4n) is 3.88. The number of aromatic nitrogens is 4. The molecule has 5 rings (SSSR count). The number of imidazole rings is 1. The molecule has 3 heterocycles. The van der Waals surface area contributed by atoms with Gasteiger partial charge in [0.25, 0.3) is 5.56 Å². The molecule has 2 aromatic heterocycles. The molecule has 142 valence electrons. The van der Waals surface area contributed by atoms with E-state index in [1.54, 1.807) is 6.20 Å². The molecule has 0 aliphatic carbocycles. The number of rotatable bonds is 2. The zero-order chi connectivity index (χ0) is 19.7. The number of hydrogen-bond acceptors (Lipinski definition) is 4. The second kappa shape index (κ2) is 7.31. The third-order valence-corrected chi connectivity index (χ3v) is 5.08. The van der Waals surface area contributed by atoms with E-state index < -0.39 is 0 Å².